The first-order valence-corrected chi connectivity index (χ1v) is 10.7. The molecule has 5 nitrogen and oxygen atoms in total. The van der Waals surface area contributed by atoms with E-state index in [1.54, 1.807) is 12.3 Å². The maximum atomic E-state index is 12.7. The Labute approximate surface area is 162 Å². The van der Waals surface area contributed by atoms with Crippen LogP contribution in [-0.2, 0) is 4.79 Å². The molecular formula is C22H31N3O2. The van der Waals surface area contributed by atoms with Gasteiger partial charge in [0, 0.05) is 38.3 Å². The number of rotatable bonds is 4. The van der Waals surface area contributed by atoms with E-state index in [-0.39, 0.29) is 5.91 Å². The van der Waals surface area contributed by atoms with Gasteiger partial charge in [0.05, 0.1) is 0 Å². The van der Waals surface area contributed by atoms with Crippen LogP contribution < -0.4 is 0 Å². The van der Waals surface area contributed by atoms with Gasteiger partial charge in [-0.15, -0.1) is 0 Å². The fourth-order valence-corrected chi connectivity index (χ4v) is 5.27. The summed E-state index contributed by atoms with van der Waals surface area (Å²) in [7, 11) is 0. The van der Waals surface area contributed by atoms with Crippen LogP contribution in [0.25, 0.3) is 0 Å². The van der Waals surface area contributed by atoms with Gasteiger partial charge in [0.1, 0.15) is 5.69 Å². The molecule has 2 saturated heterocycles. The molecule has 1 aliphatic carbocycles. The van der Waals surface area contributed by atoms with Gasteiger partial charge in [-0.2, -0.15) is 0 Å². The lowest BCUT2D eigenvalue weighted by Gasteiger charge is -2.47. The van der Waals surface area contributed by atoms with Gasteiger partial charge in [-0.25, -0.2) is 0 Å². The van der Waals surface area contributed by atoms with Gasteiger partial charge in [0.2, 0.25) is 5.91 Å². The summed E-state index contributed by atoms with van der Waals surface area (Å²) >= 11 is 0. The number of carbonyl (C=O) groups is 2. The minimum atomic E-state index is 0.0275. The van der Waals surface area contributed by atoms with Crippen LogP contribution >= 0.6 is 0 Å². The topological polar surface area (TPSA) is 53.5 Å². The van der Waals surface area contributed by atoms with Crippen molar-refractivity contribution in [3.8, 4) is 0 Å². The lowest BCUT2D eigenvalue weighted by molar-refractivity contribution is -0.140. The summed E-state index contributed by atoms with van der Waals surface area (Å²) in [5.74, 6) is 1.57. The molecule has 2 aliphatic heterocycles. The average Bonchev–Trinajstić information content (AvgIpc) is 2.73. The van der Waals surface area contributed by atoms with Crippen LogP contribution in [0.1, 0.15) is 68.3 Å². The van der Waals surface area contributed by atoms with Crippen LogP contribution in [0, 0.1) is 11.8 Å². The highest BCUT2D eigenvalue weighted by molar-refractivity contribution is 5.92. The zero-order valence-electron chi connectivity index (χ0n) is 16.2. The van der Waals surface area contributed by atoms with E-state index in [0.717, 1.165) is 44.8 Å². The summed E-state index contributed by atoms with van der Waals surface area (Å²) in [5, 5.41) is 0. The second-order valence-corrected chi connectivity index (χ2v) is 8.50. The van der Waals surface area contributed by atoms with Gasteiger partial charge >= 0.3 is 0 Å². The molecule has 2 atom stereocenters. The molecule has 0 radical (unpaired) electrons. The predicted molar refractivity (Wildman–Crippen MR) is 104 cm³/mol. The number of carbonyl (C=O) groups excluding carboxylic acids is 2. The quantitative estimate of drug-likeness (QED) is 0.816. The third-order valence-electron chi connectivity index (χ3n) is 6.82. The summed E-state index contributed by atoms with van der Waals surface area (Å²) < 4.78 is 0. The Balaban J connectivity index is 1.37. The van der Waals surface area contributed by atoms with Crippen molar-refractivity contribution < 1.29 is 9.59 Å². The summed E-state index contributed by atoms with van der Waals surface area (Å²) in [6.45, 7) is 2.40. The van der Waals surface area contributed by atoms with Gasteiger partial charge < -0.3 is 9.80 Å². The molecule has 1 saturated carbocycles. The zero-order valence-corrected chi connectivity index (χ0v) is 16.2. The number of hydrogen-bond donors (Lipinski definition) is 0. The van der Waals surface area contributed by atoms with Gasteiger partial charge in [0.25, 0.3) is 5.91 Å². The molecular weight excluding hydrogens is 338 g/mol. The molecule has 27 heavy (non-hydrogen) atoms. The van der Waals surface area contributed by atoms with Crippen LogP contribution in [0.5, 0.6) is 0 Å². The number of amides is 2. The van der Waals surface area contributed by atoms with Crippen molar-refractivity contribution in [3.63, 3.8) is 0 Å². The molecule has 1 aromatic rings. The molecule has 3 fully saturated rings. The Hall–Kier alpha value is -1.91. The first-order chi connectivity index (χ1) is 13.2. The molecule has 0 bridgehead atoms. The molecule has 5 heteroatoms. The molecule has 0 N–H and O–H groups in total. The van der Waals surface area contributed by atoms with E-state index in [1.165, 1.54) is 32.1 Å². The summed E-state index contributed by atoms with van der Waals surface area (Å²) in [6, 6.07) is 5.80. The van der Waals surface area contributed by atoms with Crippen molar-refractivity contribution in [2.75, 3.05) is 19.6 Å². The molecule has 1 aromatic heterocycles. The van der Waals surface area contributed by atoms with Crippen molar-refractivity contribution in [3.05, 3.63) is 30.1 Å². The van der Waals surface area contributed by atoms with Gasteiger partial charge in [-0.1, -0.05) is 38.2 Å². The fraction of sp³-hybridized carbons (Fsp3) is 0.682. The maximum Gasteiger partial charge on any atom is 0.272 e. The number of pyridine rings is 1. The Kier molecular flexibility index (Phi) is 5.74. The lowest BCUT2D eigenvalue weighted by atomic mass is 9.82. The smallest absolute Gasteiger partial charge is 0.272 e. The molecule has 0 unspecified atom stereocenters. The second kappa shape index (κ2) is 8.41. The lowest BCUT2D eigenvalue weighted by Crippen LogP contribution is -2.57. The SMILES string of the molecule is O=C(c1ccccn1)N1CC[C@H]2[C@H](CCC(=O)N2CCC2CCCCC2)C1. The highest BCUT2D eigenvalue weighted by Gasteiger charge is 2.40. The molecule has 3 aliphatic rings. The number of nitrogens with zero attached hydrogens (tertiary/aromatic N) is 3. The van der Waals surface area contributed by atoms with E-state index in [2.05, 4.69) is 9.88 Å². The van der Waals surface area contributed by atoms with Gasteiger partial charge in [0.15, 0.2) is 0 Å². The average molecular weight is 370 g/mol. The summed E-state index contributed by atoms with van der Waals surface area (Å²) in [5.41, 5.74) is 0.525. The first kappa shape index (κ1) is 18.5. The third kappa shape index (κ3) is 4.17. The van der Waals surface area contributed by atoms with Crippen molar-refractivity contribution >= 4 is 11.8 Å². The molecule has 3 heterocycles. The monoisotopic (exact) mass is 369 g/mol. The predicted octanol–water partition coefficient (Wildman–Crippen LogP) is 3.51. The summed E-state index contributed by atoms with van der Waals surface area (Å²) in [4.78, 5) is 33.7. The molecule has 0 spiro atoms. The maximum absolute atomic E-state index is 12.7. The summed E-state index contributed by atoms with van der Waals surface area (Å²) in [6.07, 6.45) is 12.0. The van der Waals surface area contributed by atoms with Gasteiger partial charge in [-0.3, -0.25) is 14.6 Å². The number of likely N-dealkylation sites (tertiary alicyclic amines) is 2. The van der Waals surface area contributed by atoms with Crippen molar-refractivity contribution in [2.24, 2.45) is 11.8 Å². The van der Waals surface area contributed by atoms with E-state index in [0.29, 0.717) is 30.0 Å². The molecule has 0 aromatic carbocycles. The van der Waals surface area contributed by atoms with Crippen LogP contribution in [-0.4, -0.2) is 52.3 Å². The Morgan fingerprint density at radius 2 is 1.96 bits per heavy atom. The minimum Gasteiger partial charge on any atom is -0.339 e. The Morgan fingerprint density at radius 1 is 1.11 bits per heavy atom. The second-order valence-electron chi connectivity index (χ2n) is 8.50. The largest absolute Gasteiger partial charge is 0.339 e. The van der Waals surface area contributed by atoms with Crippen molar-refractivity contribution in [1.82, 2.24) is 14.8 Å². The van der Waals surface area contributed by atoms with E-state index in [1.807, 2.05) is 17.0 Å². The van der Waals surface area contributed by atoms with E-state index >= 15 is 0 Å². The highest BCUT2D eigenvalue weighted by atomic mass is 16.2. The number of fused-ring (bicyclic) bond motifs is 1. The number of aromatic nitrogens is 1. The van der Waals surface area contributed by atoms with E-state index in [4.69, 9.17) is 0 Å². The van der Waals surface area contributed by atoms with Crippen molar-refractivity contribution in [2.45, 2.75) is 63.8 Å². The Morgan fingerprint density at radius 3 is 2.74 bits per heavy atom. The fourth-order valence-electron chi connectivity index (χ4n) is 5.27. The van der Waals surface area contributed by atoms with E-state index in [9.17, 15) is 9.59 Å². The molecule has 4 rings (SSSR count). The third-order valence-corrected chi connectivity index (χ3v) is 6.82. The minimum absolute atomic E-state index is 0.0275. The van der Waals surface area contributed by atoms with Crippen LogP contribution in [0.3, 0.4) is 0 Å². The van der Waals surface area contributed by atoms with Crippen molar-refractivity contribution in [1.29, 1.82) is 0 Å². The highest BCUT2D eigenvalue weighted by Crippen LogP contribution is 2.33. The zero-order chi connectivity index (χ0) is 18.6. The van der Waals surface area contributed by atoms with Gasteiger partial charge in [-0.05, 0) is 43.2 Å². The number of piperidine rings is 2. The normalized spacial score (nSPS) is 26.7. The van der Waals surface area contributed by atoms with Crippen LogP contribution in [0.15, 0.2) is 24.4 Å². The van der Waals surface area contributed by atoms with Crippen LogP contribution in [0.4, 0.5) is 0 Å². The molecule has 2 amide bonds. The molecule has 146 valence electrons. The number of hydrogen-bond acceptors (Lipinski definition) is 3. The Bertz CT molecular complexity index is 657. The van der Waals surface area contributed by atoms with E-state index < -0.39 is 0 Å². The standard InChI is InChI=1S/C22H31N3O2/c26-21-10-9-18-16-24(22(27)19-8-4-5-13-23-19)14-12-20(18)25(21)15-11-17-6-2-1-3-7-17/h4-5,8,13,17-18,20H,1-3,6-7,9-12,14-16H2/t18-,20+/m1/s1. The first-order valence-electron chi connectivity index (χ1n) is 10.7. The van der Waals surface area contributed by atoms with Crippen LogP contribution in [0.2, 0.25) is 0 Å².